The van der Waals surface area contributed by atoms with Crippen LogP contribution in [0.4, 0.5) is 9.18 Å². The molecule has 1 heterocycles. The summed E-state index contributed by atoms with van der Waals surface area (Å²) in [5.74, 6) is 0.584. The number of nitrogens with one attached hydrogen (secondary N) is 2. The van der Waals surface area contributed by atoms with E-state index in [1.54, 1.807) is 4.90 Å². The van der Waals surface area contributed by atoms with Crippen LogP contribution in [0.25, 0.3) is 0 Å². The Bertz CT molecular complexity index is 649. The van der Waals surface area contributed by atoms with Gasteiger partial charge in [-0.15, -0.1) is 0 Å². The number of guanidine groups is 1. The molecule has 2 N–H and O–H groups in total. The van der Waals surface area contributed by atoms with Crippen LogP contribution in [0.15, 0.2) is 27.7 Å². The van der Waals surface area contributed by atoms with Crippen LogP contribution in [-0.2, 0) is 11.2 Å². The van der Waals surface area contributed by atoms with Crippen molar-refractivity contribution in [2.24, 2.45) is 4.99 Å². The fraction of sp³-hybridized carbons (Fsp3) is 0.579. The molecular weight excluding hydrogens is 415 g/mol. The van der Waals surface area contributed by atoms with E-state index >= 15 is 0 Å². The zero-order valence-corrected chi connectivity index (χ0v) is 17.5. The van der Waals surface area contributed by atoms with Gasteiger partial charge in [-0.1, -0.05) is 22.0 Å². The first-order chi connectivity index (χ1) is 13.0. The monoisotopic (exact) mass is 442 g/mol. The van der Waals surface area contributed by atoms with Gasteiger partial charge in [0.15, 0.2) is 5.96 Å². The van der Waals surface area contributed by atoms with Gasteiger partial charge in [-0.25, -0.2) is 9.18 Å². The number of nitrogens with zero attached hydrogens (tertiary/aromatic N) is 2. The molecule has 0 radical (unpaired) electrons. The Balaban J connectivity index is 1.79. The molecule has 1 amide bonds. The number of hydrogen-bond acceptors (Lipinski definition) is 3. The summed E-state index contributed by atoms with van der Waals surface area (Å²) in [4.78, 5) is 17.9. The van der Waals surface area contributed by atoms with E-state index < -0.39 is 0 Å². The van der Waals surface area contributed by atoms with Gasteiger partial charge in [-0.3, -0.25) is 4.99 Å². The Morgan fingerprint density at radius 1 is 1.41 bits per heavy atom. The second-order valence-corrected chi connectivity index (χ2v) is 7.39. The summed E-state index contributed by atoms with van der Waals surface area (Å²) in [7, 11) is 1.41. The predicted molar refractivity (Wildman–Crippen MR) is 109 cm³/mol. The van der Waals surface area contributed by atoms with Gasteiger partial charge in [0.1, 0.15) is 5.82 Å². The summed E-state index contributed by atoms with van der Waals surface area (Å²) in [6, 6.07) is 5.42. The molecule has 0 unspecified atom stereocenters. The molecule has 1 fully saturated rings. The summed E-state index contributed by atoms with van der Waals surface area (Å²) >= 11 is 3.27. The lowest BCUT2D eigenvalue weighted by Gasteiger charge is -2.32. The number of carbonyl (C=O) groups is 1. The summed E-state index contributed by atoms with van der Waals surface area (Å²) in [6.45, 7) is 4.76. The summed E-state index contributed by atoms with van der Waals surface area (Å²) < 4.78 is 19.4. The van der Waals surface area contributed by atoms with Crippen LogP contribution >= 0.6 is 15.9 Å². The number of aliphatic imine (C=N–C) groups is 1. The van der Waals surface area contributed by atoms with Crippen molar-refractivity contribution in [3.05, 3.63) is 34.1 Å². The molecule has 1 aliphatic heterocycles. The first-order valence-corrected chi connectivity index (χ1v) is 10.1. The molecule has 150 valence electrons. The molecule has 0 aromatic heterocycles. The van der Waals surface area contributed by atoms with Crippen molar-refractivity contribution in [1.29, 1.82) is 0 Å². The number of amides is 1. The van der Waals surface area contributed by atoms with Crippen LogP contribution in [0.3, 0.4) is 0 Å². The standard InChI is InChI=1S/C19H28BrFN4O2/c1-3-22-18(24-16-8-11-25(12-9-16)19(26)27-2)23-10-4-5-14-6-7-15(20)13-17(14)21/h6-7,13,16H,3-5,8-12H2,1-2H3,(H2,22,23,24). The van der Waals surface area contributed by atoms with Gasteiger partial charge in [0.25, 0.3) is 0 Å². The molecule has 27 heavy (non-hydrogen) atoms. The van der Waals surface area contributed by atoms with Gasteiger partial charge in [0, 0.05) is 36.7 Å². The van der Waals surface area contributed by atoms with Crippen molar-refractivity contribution in [1.82, 2.24) is 15.5 Å². The molecular formula is C19H28BrFN4O2. The first-order valence-electron chi connectivity index (χ1n) is 9.35. The van der Waals surface area contributed by atoms with E-state index in [0.29, 0.717) is 31.6 Å². The molecule has 1 aliphatic rings. The van der Waals surface area contributed by atoms with Crippen LogP contribution in [-0.4, -0.2) is 56.3 Å². The quantitative estimate of drug-likeness (QED) is 0.402. The molecule has 0 saturated carbocycles. The van der Waals surface area contributed by atoms with E-state index in [0.717, 1.165) is 36.2 Å². The Labute approximate surface area is 168 Å². The minimum absolute atomic E-state index is 0.184. The van der Waals surface area contributed by atoms with Gasteiger partial charge in [-0.2, -0.15) is 0 Å². The fourth-order valence-electron chi connectivity index (χ4n) is 3.03. The number of aryl methyl sites for hydroxylation is 1. The number of methoxy groups -OCH3 is 1. The minimum atomic E-state index is -0.269. The molecule has 2 rings (SSSR count). The summed E-state index contributed by atoms with van der Waals surface area (Å²) in [5, 5.41) is 6.68. The highest BCUT2D eigenvalue weighted by molar-refractivity contribution is 9.10. The third-order valence-corrected chi connectivity index (χ3v) is 5.00. The van der Waals surface area contributed by atoms with Crippen LogP contribution in [0.1, 0.15) is 31.7 Å². The van der Waals surface area contributed by atoms with Gasteiger partial charge in [0.2, 0.25) is 0 Å². The molecule has 0 bridgehead atoms. The Kier molecular flexibility index (Phi) is 8.84. The Morgan fingerprint density at radius 3 is 2.78 bits per heavy atom. The van der Waals surface area contributed by atoms with E-state index in [2.05, 4.69) is 31.6 Å². The van der Waals surface area contributed by atoms with Crippen molar-refractivity contribution < 1.29 is 13.9 Å². The predicted octanol–water partition coefficient (Wildman–Crippen LogP) is 3.31. The van der Waals surface area contributed by atoms with Crippen LogP contribution in [0, 0.1) is 5.82 Å². The molecule has 0 spiro atoms. The fourth-order valence-corrected chi connectivity index (χ4v) is 3.37. The van der Waals surface area contributed by atoms with Crippen molar-refractivity contribution >= 4 is 28.0 Å². The Hall–Kier alpha value is -1.83. The lowest BCUT2D eigenvalue weighted by atomic mass is 10.1. The highest BCUT2D eigenvalue weighted by Gasteiger charge is 2.23. The maximum Gasteiger partial charge on any atom is 0.409 e. The molecule has 1 saturated heterocycles. The third-order valence-electron chi connectivity index (χ3n) is 4.50. The molecule has 1 aromatic rings. The summed E-state index contributed by atoms with van der Waals surface area (Å²) in [6.07, 6.45) is 2.86. The van der Waals surface area contributed by atoms with Gasteiger partial charge >= 0.3 is 6.09 Å². The van der Waals surface area contributed by atoms with Crippen molar-refractivity contribution in [2.45, 2.75) is 38.6 Å². The molecule has 0 aliphatic carbocycles. The number of carbonyl (C=O) groups excluding carboxylic acids is 1. The first kappa shape index (κ1) is 21.5. The second kappa shape index (κ2) is 11.1. The molecule has 0 atom stereocenters. The zero-order chi connectivity index (χ0) is 19.6. The number of ether oxygens (including phenoxy) is 1. The highest BCUT2D eigenvalue weighted by Crippen LogP contribution is 2.16. The van der Waals surface area contributed by atoms with Gasteiger partial charge in [-0.05, 0) is 50.3 Å². The largest absolute Gasteiger partial charge is 0.453 e. The van der Waals surface area contributed by atoms with Crippen LogP contribution < -0.4 is 10.6 Å². The van der Waals surface area contributed by atoms with E-state index in [4.69, 9.17) is 4.74 Å². The maximum atomic E-state index is 13.9. The van der Waals surface area contributed by atoms with E-state index in [9.17, 15) is 9.18 Å². The number of hydrogen-bond donors (Lipinski definition) is 2. The minimum Gasteiger partial charge on any atom is -0.453 e. The van der Waals surface area contributed by atoms with Gasteiger partial charge < -0.3 is 20.3 Å². The average Bonchev–Trinajstić information content (AvgIpc) is 2.66. The maximum absolute atomic E-state index is 13.9. The Morgan fingerprint density at radius 2 is 2.15 bits per heavy atom. The average molecular weight is 443 g/mol. The van der Waals surface area contributed by atoms with Crippen molar-refractivity contribution in [3.8, 4) is 0 Å². The zero-order valence-electron chi connectivity index (χ0n) is 15.9. The summed E-state index contributed by atoms with van der Waals surface area (Å²) in [5.41, 5.74) is 0.710. The highest BCUT2D eigenvalue weighted by atomic mass is 79.9. The van der Waals surface area contributed by atoms with Crippen molar-refractivity contribution in [2.75, 3.05) is 33.3 Å². The number of piperidine rings is 1. The van der Waals surface area contributed by atoms with Crippen LogP contribution in [0.2, 0.25) is 0 Å². The van der Waals surface area contributed by atoms with Crippen LogP contribution in [0.5, 0.6) is 0 Å². The lowest BCUT2D eigenvalue weighted by molar-refractivity contribution is 0.111. The molecule has 6 nitrogen and oxygen atoms in total. The number of rotatable bonds is 6. The van der Waals surface area contributed by atoms with Gasteiger partial charge in [0.05, 0.1) is 7.11 Å². The molecule has 1 aromatic carbocycles. The lowest BCUT2D eigenvalue weighted by Crippen LogP contribution is -2.49. The number of halogens is 2. The van der Waals surface area contributed by atoms with E-state index in [1.165, 1.54) is 13.2 Å². The SMILES string of the molecule is CCNC(=NCCCc1ccc(Br)cc1F)NC1CCN(C(=O)OC)CC1. The third kappa shape index (κ3) is 7.01. The number of benzene rings is 1. The van der Waals surface area contributed by atoms with E-state index in [-0.39, 0.29) is 18.0 Å². The topological polar surface area (TPSA) is 66.0 Å². The second-order valence-electron chi connectivity index (χ2n) is 6.48. The van der Waals surface area contributed by atoms with Crippen molar-refractivity contribution in [3.63, 3.8) is 0 Å². The molecule has 8 heteroatoms. The number of likely N-dealkylation sites (tertiary alicyclic amines) is 1. The normalized spacial score (nSPS) is 15.6. The van der Waals surface area contributed by atoms with E-state index in [1.807, 2.05) is 19.1 Å². The smallest absolute Gasteiger partial charge is 0.409 e.